The third kappa shape index (κ3) is 2.18. The number of nitrogens with zero attached hydrogens (tertiary/aromatic N) is 1. The van der Waals surface area contributed by atoms with Crippen molar-refractivity contribution in [1.29, 1.82) is 0 Å². The number of aromatic nitrogens is 1. The van der Waals surface area contributed by atoms with E-state index in [0.29, 0.717) is 5.88 Å². The van der Waals surface area contributed by atoms with E-state index < -0.39 is 0 Å². The zero-order valence-electron chi connectivity index (χ0n) is 9.36. The maximum absolute atomic E-state index is 5.85. The van der Waals surface area contributed by atoms with Crippen LogP contribution >= 0.6 is 38.9 Å². The Morgan fingerprint density at radius 1 is 1.17 bits per heavy atom. The zero-order chi connectivity index (χ0) is 12.5. The standard InChI is InChI=1S/C14H9BrClNS/c15-11-4-2-1-3-10(11)14-17-12-6-5-9(8-16)7-13(12)18-14/h1-7H,8H2. The van der Waals surface area contributed by atoms with Crippen LogP contribution in [0, 0.1) is 0 Å². The van der Waals surface area contributed by atoms with Crippen LogP contribution in [-0.4, -0.2) is 4.98 Å². The molecular formula is C14H9BrClNS. The van der Waals surface area contributed by atoms with Crippen LogP contribution in [0.25, 0.3) is 20.8 Å². The number of halogens is 2. The number of benzene rings is 2. The molecule has 1 nitrogen and oxygen atoms in total. The maximum Gasteiger partial charge on any atom is 0.125 e. The lowest BCUT2D eigenvalue weighted by Gasteiger charge is -1.97. The van der Waals surface area contributed by atoms with Gasteiger partial charge < -0.3 is 0 Å². The van der Waals surface area contributed by atoms with Gasteiger partial charge in [-0.15, -0.1) is 22.9 Å². The monoisotopic (exact) mass is 337 g/mol. The van der Waals surface area contributed by atoms with Gasteiger partial charge in [0.05, 0.1) is 10.2 Å². The van der Waals surface area contributed by atoms with Gasteiger partial charge in [0.25, 0.3) is 0 Å². The number of rotatable bonds is 2. The van der Waals surface area contributed by atoms with Crippen LogP contribution in [0.3, 0.4) is 0 Å². The van der Waals surface area contributed by atoms with Crippen LogP contribution in [0.2, 0.25) is 0 Å². The molecule has 0 radical (unpaired) electrons. The second-order valence-corrected chi connectivity index (χ2v) is 6.09. The molecule has 4 heteroatoms. The first kappa shape index (κ1) is 12.2. The second-order valence-electron chi connectivity index (χ2n) is 3.93. The summed E-state index contributed by atoms with van der Waals surface area (Å²) in [4.78, 5) is 4.66. The SMILES string of the molecule is ClCc1ccc2nc(-c3ccccc3Br)sc2c1. The molecule has 1 heterocycles. The Bertz CT molecular complexity index is 708. The molecule has 0 aliphatic carbocycles. The summed E-state index contributed by atoms with van der Waals surface area (Å²) in [6.45, 7) is 0. The van der Waals surface area contributed by atoms with Gasteiger partial charge in [-0.2, -0.15) is 0 Å². The van der Waals surface area contributed by atoms with Gasteiger partial charge in [-0.3, -0.25) is 0 Å². The molecule has 0 unspecified atom stereocenters. The lowest BCUT2D eigenvalue weighted by Crippen LogP contribution is -1.77. The molecule has 0 N–H and O–H groups in total. The Balaban J connectivity index is 2.17. The number of fused-ring (bicyclic) bond motifs is 1. The smallest absolute Gasteiger partial charge is 0.125 e. The van der Waals surface area contributed by atoms with Crippen LogP contribution in [0.1, 0.15) is 5.56 Å². The van der Waals surface area contributed by atoms with Crippen molar-refractivity contribution in [3.8, 4) is 10.6 Å². The number of thiazole rings is 1. The van der Waals surface area contributed by atoms with Gasteiger partial charge >= 0.3 is 0 Å². The fourth-order valence-corrected chi connectivity index (χ4v) is 3.64. The summed E-state index contributed by atoms with van der Waals surface area (Å²) in [7, 11) is 0. The van der Waals surface area contributed by atoms with Crippen molar-refractivity contribution in [1.82, 2.24) is 4.98 Å². The summed E-state index contributed by atoms with van der Waals surface area (Å²) in [5, 5.41) is 1.03. The van der Waals surface area contributed by atoms with Gasteiger partial charge in [-0.25, -0.2) is 4.98 Å². The summed E-state index contributed by atoms with van der Waals surface area (Å²) in [5.74, 6) is 0.540. The molecular weight excluding hydrogens is 330 g/mol. The third-order valence-corrected chi connectivity index (χ3v) is 4.76. The van der Waals surface area contributed by atoms with E-state index in [1.165, 1.54) is 4.70 Å². The van der Waals surface area contributed by atoms with E-state index in [9.17, 15) is 0 Å². The molecule has 1 aromatic heterocycles. The summed E-state index contributed by atoms with van der Waals surface area (Å²) in [6.07, 6.45) is 0. The largest absolute Gasteiger partial charge is 0.236 e. The van der Waals surface area contributed by atoms with Gasteiger partial charge in [0.2, 0.25) is 0 Å². The van der Waals surface area contributed by atoms with Gasteiger partial charge in [-0.1, -0.05) is 40.2 Å². The van der Waals surface area contributed by atoms with Crippen LogP contribution in [0.15, 0.2) is 46.9 Å². The summed E-state index contributed by atoms with van der Waals surface area (Å²) >= 11 is 11.1. The van der Waals surface area contributed by atoms with Gasteiger partial charge in [-0.05, 0) is 23.8 Å². The first-order valence-electron chi connectivity index (χ1n) is 5.48. The summed E-state index contributed by atoms with van der Waals surface area (Å²) in [5.41, 5.74) is 3.29. The van der Waals surface area contributed by atoms with Crippen molar-refractivity contribution in [3.63, 3.8) is 0 Å². The minimum atomic E-state index is 0.540. The molecule has 3 aromatic rings. The third-order valence-electron chi connectivity index (χ3n) is 2.71. The number of alkyl halides is 1. The fraction of sp³-hybridized carbons (Fsp3) is 0.0714. The van der Waals surface area contributed by atoms with Crippen LogP contribution in [-0.2, 0) is 5.88 Å². The van der Waals surface area contributed by atoms with Crippen molar-refractivity contribution in [2.45, 2.75) is 5.88 Å². The van der Waals surface area contributed by atoms with E-state index in [1.807, 2.05) is 30.3 Å². The van der Waals surface area contributed by atoms with Gasteiger partial charge in [0.1, 0.15) is 5.01 Å². The highest BCUT2D eigenvalue weighted by Crippen LogP contribution is 2.34. The Morgan fingerprint density at radius 2 is 2.00 bits per heavy atom. The molecule has 0 aliphatic rings. The zero-order valence-corrected chi connectivity index (χ0v) is 12.5. The molecule has 2 aromatic carbocycles. The Labute approximate surface area is 123 Å². The highest BCUT2D eigenvalue weighted by Gasteiger charge is 2.09. The quantitative estimate of drug-likeness (QED) is 0.565. The minimum absolute atomic E-state index is 0.540. The maximum atomic E-state index is 5.85. The van der Waals surface area contributed by atoms with E-state index >= 15 is 0 Å². The predicted molar refractivity (Wildman–Crippen MR) is 82.3 cm³/mol. The molecule has 18 heavy (non-hydrogen) atoms. The first-order chi connectivity index (χ1) is 8.78. The lowest BCUT2D eigenvalue weighted by molar-refractivity contribution is 1.41. The number of hydrogen-bond acceptors (Lipinski definition) is 2. The fourth-order valence-electron chi connectivity index (χ4n) is 1.80. The average molecular weight is 339 g/mol. The Morgan fingerprint density at radius 3 is 2.78 bits per heavy atom. The molecule has 3 rings (SSSR count). The molecule has 0 spiro atoms. The van der Waals surface area contributed by atoms with Crippen molar-refractivity contribution in [3.05, 3.63) is 52.5 Å². The molecule has 0 fully saturated rings. The van der Waals surface area contributed by atoms with Crippen LogP contribution in [0.5, 0.6) is 0 Å². The second kappa shape index (κ2) is 5.00. The number of hydrogen-bond donors (Lipinski definition) is 0. The first-order valence-corrected chi connectivity index (χ1v) is 7.62. The van der Waals surface area contributed by atoms with Crippen LogP contribution < -0.4 is 0 Å². The van der Waals surface area contributed by atoms with E-state index in [1.54, 1.807) is 11.3 Å². The van der Waals surface area contributed by atoms with Gasteiger partial charge in [0, 0.05) is 15.9 Å². The van der Waals surface area contributed by atoms with E-state index in [2.05, 4.69) is 33.0 Å². The molecule has 0 saturated carbocycles. The van der Waals surface area contributed by atoms with Gasteiger partial charge in [0.15, 0.2) is 0 Å². The lowest BCUT2D eigenvalue weighted by atomic mass is 10.2. The van der Waals surface area contributed by atoms with E-state index in [0.717, 1.165) is 26.1 Å². The molecule has 90 valence electrons. The van der Waals surface area contributed by atoms with Crippen molar-refractivity contribution < 1.29 is 0 Å². The van der Waals surface area contributed by atoms with E-state index in [-0.39, 0.29) is 0 Å². The van der Waals surface area contributed by atoms with Crippen molar-refractivity contribution in [2.75, 3.05) is 0 Å². The predicted octanol–water partition coefficient (Wildman–Crippen LogP) is 5.46. The van der Waals surface area contributed by atoms with E-state index in [4.69, 9.17) is 11.6 Å². The molecule has 0 atom stereocenters. The topological polar surface area (TPSA) is 12.9 Å². The normalized spacial score (nSPS) is 11.0. The van der Waals surface area contributed by atoms with Crippen molar-refractivity contribution in [2.24, 2.45) is 0 Å². The molecule has 0 saturated heterocycles. The van der Waals surface area contributed by atoms with Crippen molar-refractivity contribution >= 4 is 49.1 Å². The molecule has 0 amide bonds. The highest BCUT2D eigenvalue weighted by molar-refractivity contribution is 9.10. The van der Waals surface area contributed by atoms with Crippen LogP contribution in [0.4, 0.5) is 0 Å². The highest BCUT2D eigenvalue weighted by atomic mass is 79.9. The molecule has 0 bridgehead atoms. The average Bonchev–Trinajstić information content (AvgIpc) is 2.81. The Hall–Kier alpha value is -0.900. The summed E-state index contributed by atoms with van der Waals surface area (Å²) < 4.78 is 2.25. The minimum Gasteiger partial charge on any atom is -0.236 e. The Kier molecular flexibility index (Phi) is 3.37. The molecule has 0 aliphatic heterocycles. The summed E-state index contributed by atoms with van der Waals surface area (Å²) in [6, 6.07) is 14.3.